The molecule has 36 heavy (non-hydrogen) atoms. The number of halogens is 3. The Morgan fingerprint density at radius 2 is 1.69 bits per heavy atom. The van der Waals surface area contributed by atoms with Crippen molar-refractivity contribution < 1.29 is 14.3 Å². The zero-order valence-electron chi connectivity index (χ0n) is 19.8. The van der Waals surface area contributed by atoms with Crippen LogP contribution in [0, 0.1) is 5.92 Å². The molecule has 3 aromatic carbocycles. The van der Waals surface area contributed by atoms with Crippen molar-refractivity contribution in [1.82, 2.24) is 10.7 Å². The maximum atomic E-state index is 12.8. The van der Waals surface area contributed by atoms with Crippen molar-refractivity contribution >= 4 is 52.8 Å². The van der Waals surface area contributed by atoms with Gasteiger partial charge >= 0.3 is 0 Å². The van der Waals surface area contributed by atoms with Crippen LogP contribution < -0.4 is 15.5 Å². The van der Waals surface area contributed by atoms with Crippen LogP contribution in [0.3, 0.4) is 0 Å². The molecule has 1 unspecified atom stereocenters. The second-order valence-corrected chi connectivity index (χ2v) is 9.72. The summed E-state index contributed by atoms with van der Waals surface area (Å²) >= 11 is 17.9. The topological polar surface area (TPSA) is 79.8 Å². The van der Waals surface area contributed by atoms with E-state index in [2.05, 4.69) is 15.8 Å². The Hall–Kier alpha value is -3.06. The molecule has 3 rings (SSSR count). The van der Waals surface area contributed by atoms with Gasteiger partial charge in [0.1, 0.15) is 18.4 Å². The summed E-state index contributed by atoms with van der Waals surface area (Å²) in [7, 11) is 0. The predicted molar refractivity (Wildman–Crippen MR) is 145 cm³/mol. The van der Waals surface area contributed by atoms with E-state index in [0.717, 1.165) is 5.56 Å². The van der Waals surface area contributed by atoms with Gasteiger partial charge in [-0.3, -0.25) is 9.59 Å². The molecule has 9 heteroatoms. The van der Waals surface area contributed by atoms with Gasteiger partial charge in [0, 0.05) is 16.1 Å². The van der Waals surface area contributed by atoms with Crippen LogP contribution in [0.15, 0.2) is 71.8 Å². The molecule has 0 aliphatic rings. The van der Waals surface area contributed by atoms with Crippen LogP contribution in [0.1, 0.15) is 41.8 Å². The third kappa shape index (κ3) is 8.26. The van der Waals surface area contributed by atoms with E-state index in [-0.39, 0.29) is 18.4 Å². The zero-order chi connectivity index (χ0) is 26.1. The molecule has 0 saturated heterocycles. The molecule has 0 spiro atoms. The number of hydrazone groups is 1. The van der Waals surface area contributed by atoms with E-state index in [1.807, 2.05) is 38.1 Å². The number of ether oxygens (including phenoxy) is 1. The van der Waals surface area contributed by atoms with Crippen LogP contribution >= 0.6 is 34.8 Å². The third-order valence-electron chi connectivity index (χ3n) is 5.11. The van der Waals surface area contributed by atoms with Crippen LogP contribution in [0.2, 0.25) is 15.1 Å². The first-order valence-electron chi connectivity index (χ1n) is 11.3. The highest BCUT2D eigenvalue weighted by atomic mass is 35.5. The Labute approximate surface area is 225 Å². The van der Waals surface area contributed by atoms with Gasteiger partial charge in [0.05, 0.1) is 16.3 Å². The number of carbonyl (C=O) groups is 2. The average Bonchev–Trinajstić information content (AvgIpc) is 2.85. The van der Waals surface area contributed by atoms with E-state index < -0.39 is 11.9 Å². The lowest BCUT2D eigenvalue weighted by atomic mass is 10.0. The fourth-order valence-corrected chi connectivity index (χ4v) is 3.74. The molecular weight excluding hydrogens is 521 g/mol. The Morgan fingerprint density at radius 1 is 0.972 bits per heavy atom. The Morgan fingerprint density at radius 3 is 2.39 bits per heavy atom. The molecule has 0 radical (unpaired) electrons. The SMILES string of the molecule is CC(C)CC(NC(=O)c1ccc(Cl)cc1)C(=O)NN=Cc1ccccc1OCc1ccc(Cl)c(Cl)c1. The number of benzene rings is 3. The fraction of sp³-hybridized carbons (Fsp3) is 0.222. The molecule has 2 N–H and O–H groups in total. The minimum Gasteiger partial charge on any atom is -0.488 e. The number of nitrogens with one attached hydrogen (secondary N) is 2. The summed E-state index contributed by atoms with van der Waals surface area (Å²) in [5.74, 6) is -0.0314. The van der Waals surface area contributed by atoms with Crippen molar-refractivity contribution in [3.05, 3.63) is 98.5 Å². The molecule has 3 aromatic rings. The summed E-state index contributed by atoms with van der Waals surface area (Å²) in [5.41, 5.74) is 4.47. The zero-order valence-corrected chi connectivity index (χ0v) is 22.1. The minimum absolute atomic E-state index is 0.172. The largest absolute Gasteiger partial charge is 0.488 e. The average molecular weight is 547 g/mol. The number of hydrogen-bond donors (Lipinski definition) is 2. The van der Waals surface area contributed by atoms with Crippen LogP contribution in [0.4, 0.5) is 0 Å². The Kier molecular flexibility index (Phi) is 10.2. The van der Waals surface area contributed by atoms with Gasteiger partial charge in [-0.05, 0) is 66.4 Å². The fourth-order valence-electron chi connectivity index (χ4n) is 3.30. The summed E-state index contributed by atoms with van der Waals surface area (Å²) in [4.78, 5) is 25.4. The van der Waals surface area contributed by atoms with Crippen molar-refractivity contribution in [2.24, 2.45) is 11.0 Å². The second kappa shape index (κ2) is 13.3. The van der Waals surface area contributed by atoms with Crippen molar-refractivity contribution in [3.8, 4) is 5.75 Å². The van der Waals surface area contributed by atoms with E-state index in [9.17, 15) is 9.59 Å². The van der Waals surface area contributed by atoms with Crippen molar-refractivity contribution in [2.45, 2.75) is 32.9 Å². The van der Waals surface area contributed by atoms with Gasteiger partial charge in [-0.2, -0.15) is 5.10 Å². The maximum absolute atomic E-state index is 12.8. The van der Waals surface area contributed by atoms with Gasteiger partial charge in [0.25, 0.3) is 11.8 Å². The lowest BCUT2D eigenvalue weighted by molar-refractivity contribution is -0.123. The normalized spacial score (nSPS) is 11.9. The van der Waals surface area contributed by atoms with Crippen LogP contribution in [0.25, 0.3) is 0 Å². The summed E-state index contributed by atoms with van der Waals surface area (Å²) in [5, 5.41) is 8.32. The lowest BCUT2D eigenvalue weighted by Crippen LogP contribution is -2.46. The first kappa shape index (κ1) is 27.5. The highest BCUT2D eigenvalue weighted by Crippen LogP contribution is 2.24. The summed E-state index contributed by atoms with van der Waals surface area (Å²) in [6.07, 6.45) is 1.94. The second-order valence-electron chi connectivity index (χ2n) is 8.47. The minimum atomic E-state index is -0.758. The Balaban J connectivity index is 1.64. The predicted octanol–water partition coefficient (Wildman–Crippen LogP) is 6.52. The van der Waals surface area contributed by atoms with Crippen LogP contribution in [-0.2, 0) is 11.4 Å². The van der Waals surface area contributed by atoms with E-state index in [1.165, 1.54) is 6.21 Å². The monoisotopic (exact) mass is 545 g/mol. The molecule has 6 nitrogen and oxygen atoms in total. The molecule has 0 aromatic heterocycles. The highest BCUT2D eigenvalue weighted by molar-refractivity contribution is 6.42. The standard InChI is InChI=1S/C27H26Cl3N3O3/c1-17(2)13-24(32-26(34)19-8-10-21(28)11-9-19)27(35)33-31-15-20-5-3-4-6-25(20)36-16-18-7-12-22(29)23(30)14-18/h3-12,14-15,17,24H,13,16H2,1-2H3,(H,32,34)(H,33,35). The van der Waals surface area contributed by atoms with Crippen molar-refractivity contribution in [3.63, 3.8) is 0 Å². The summed E-state index contributed by atoms with van der Waals surface area (Å²) < 4.78 is 5.91. The molecule has 1 atom stereocenters. The van der Waals surface area contributed by atoms with Gasteiger partial charge in [-0.25, -0.2) is 5.43 Å². The van der Waals surface area contributed by atoms with Crippen LogP contribution in [-0.4, -0.2) is 24.1 Å². The molecule has 0 bridgehead atoms. The number of rotatable bonds is 10. The molecule has 188 valence electrons. The van der Waals surface area contributed by atoms with Crippen LogP contribution in [0.5, 0.6) is 5.75 Å². The first-order valence-corrected chi connectivity index (χ1v) is 12.4. The summed E-state index contributed by atoms with van der Waals surface area (Å²) in [6.45, 7) is 4.22. The molecule has 0 heterocycles. The highest BCUT2D eigenvalue weighted by Gasteiger charge is 2.22. The molecule has 0 saturated carbocycles. The number of para-hydroxylation sites is 1. The Bertz CT molecular complexity index is 1230. The molecule has 0 aliphatic heterocycles. The molecule has 0 aliphatic carbocycles. The quantitative estimate of drug-likeness (QED) is 0.224. The van der Waals surface area contributed by atoms with Crippen molar-refractivity contribution in [2.75, 3.05) is 0 Å². The van der Waals surface area contributed by atoms with Gasteiger partial charge in [0.15, 0.2) is 0 Å². The third-order valence-corrected chi connectivity index (χ3v) is 6.10. The number of carbonyl (C=O) groups excluding carboxylic acids is 2. The molecular formula is C27H26Cl3N3O3. The van der Waals surface area contributed by atoms with Crippen molar-refractivity contribution in [1.29, 1.82) is 0 Å². The first-order chi connectivity index (χ1) is 17.2. The van der Waals surface area contributed by atoms with Gasteiger partial charge in [-0.1, -0.05) is 66.8 Å². The van der Waals surface area contributed by atoms with Gasteiger partial charge < -0.3 is 10.1 Å². The molecule has 2 amide bonds. The summed E-state index contributed by atoms with van der Waals surface area (Å²) in [6, 6.07) is 18.3. The number of hydrogen-bond acceptors (Lipinski definition) is 4. The lowest BCUT2D eigenvalue weighted by Gasteiger charge is -2.19. The van der Waals surface area contributed by atoms with E-state index in [0.29, 0.717) is 38.4 Å². The van der Waals surface area contributed by atoms with E-state index >= 15 is 0 Å². The van der Waals surface area contributed by atoms with E-state index in [1.54, 1.807) is 42.5 Å². The van der Waals surface area contributed by atoms with Gasteiger partial charge in [-0.15, -0.1) is 0 Å². The van der Waals surface area contributed by atoms with E-state index in [4.69, 9.17) is 39.5 Å². The molecule has 0 fully saturated rings. The smallest absolute Gasteiger partial charge is 0.262 e. The number of nitrogens with zero attached hydrogens (tertiary/aromatic N) is 1. The maximum Gasteiger partial charge on any atom is 0.262 e. The number of amides is 2. The van der Waals surface area contributed by atoms with Gasteiger partial charge in [0.2, 0.25) is 0 Å².